The molecule has 1 aromatic heterocycles. The molecule has 0 spiro atoms. The second-order valence-electron chi connectivity index (χ2n) is 3.24. The molecule has 0 fully saturated rings. The molecule has 76 valence electrons. The third-order valence-corrected chi connectivity index (χ3v) is 2.21. The molecular weight excluding hydrogens is 192 g/mol. The van der Waals surface area contributed by atoms with Gasteiger partial charge in [-0.15, -0.1) is 0 Å². The quantitative estimate of drug-likeness (QED) is 0.565. The largest absolute Gasteiger partial charge is 0.234 e. The molecule has 0 bridgehead atoms. The molecule has 0 radical (unpaired) electrons. The van der Waals surface area contributed by atoms with Gasteiger partial charge in [0.25, 0.3) is 0 Å². The molecular formula is C11H10N2O2. The van der Waals surface area contributed by atoms with Gasteiger partial charge in [0, 0.05) is 6.42 Å². The highest BCUT2D eigenvalue weighted by atomic mass is 16.7. The van der Waals surface area contributed by atoms with E-state index in [4.69, 9.17) is 0 Å². The van der Waals surface area contributed by atoms with E-state index in [0.717, 1.165) is 10.2 Å². The van der Waals surface area contributed by atoms with Crippen LogP contribution < -0.4 is 0 Å². The zero-order valence-corrected chi connectivity index (χ0v) is 8.04. The van der Waals surface area contributed by atoms with Crippen molar-refractivity contribution in [3.8, 4) is 0 Å². The Balaban J connectivity index is 2.25. The summed E-state index contributed by atoms with van der Waals surface area (Å²) in [5.74, 6) is 0. The van der Waals surface area contributed by atoms with Crippen molar-refractivity contribution in [2.24, 2.45) is 0 Å². The predicted octanol–water partition coefficient (Wildman–Crippen LogP) is 2.12. The summed E-state index contributed by atoms with van der Waals surface area (Å²) in [5, 5.41) is 10.2. The van der Waals surface area contributed by atoms with Crippen LogP contribution in [0.25, 0.3) is 0 Å². The summed E-state index contributed by atoms with van der Waals surface area (Å²) in [7, 11) is 0. The highest BCUT2D eigenvalue weighted by molar-refractivity contribution is 5.21. The fourth-order valence-corrected chi connectivity index (χ4v) is 1.51. The molecule has 0 aliphatic heterocycles. The summed E-state index contributed by atoms with van der Waals surface area (Å²) in [6.45, 7) is 0. The molecule has 0 saturated heterocycles. The van der Waals surface area contributed by atoms with Crippen molar-refractivity contribution in [2.75, 3.05) is 0 Å². The van der Waals surface area contributed by atoms with Crippen LogP contribution >= 0.6 is 0 Å². The van der Waals surface area contributed by atoms with E-state index in [-0.39, 0.29) is 0 Å². The van der Waals surface area contributed by atoms with Gasteiger partial charge in [0.2, 0.25) is 0 Å². The summed E-state index contributed by atoms with van der Waals surface area (Å²) in [6.07, 6.45) is 2.03. The van der Waals surface area contributed by atoms with Crippen LogP contribution in [0.1, 0.15) is 11.3 Å². The van der Waals surface area contributed by atoms with Crippen LogP contribution in [0.2, 0.25) is 0 Å². The lowest BCUT2D eigenvalue weighted by Gasteiger charge is -2.00. The molecule has 0 N–H and O–H groups in total. The molecule has 15 heavy (non-hydrogen) atoms. The third kappa shape index (κ3) is 2.04. The number of hydrogen-bond donors (Lipinski definition) is 0. The van der Waals surface area contributed by atoms with Gasteiger partial charge in [-0.1, -0.05) is 35.0 Å². The molecule has 1 heterocycles. The first kappa shape index (κ1) is 9.45. The van der Waals surface area contributed by atoms with Crippen molar-refractivity contribution in [2.45, 2.75) is 6.42 Å². The van der Waals surface area contributed by atoms with E-state index in [0.29, 0.717) is 12.1 Å². The Morgan fingerprint density at radius 1 is 1.13 bits per heavy atom. The highest BCUT2D eigenvalue weighted by Crippen LogP contribution is 2.09. The lowest BCUT2D eigenvalue weighted by atomic mass is 10.1. The number of rotatable bonds is 3. The van der Waals surface area contributed by atoms with Crippen molar-refractivity contribution in [1.29, 1.82) is 0 Å². The summed E-state index contributed by atoms with van der Waals surface area (Å²) in [4.78, 5) is 10.6. The van der Waals surface area contributed by atoms with Crippen LogP contribution in [-0.4, -0.2) is 9.71 Å². The Bertz CT molecular complexity index is 462. The molecule has 0 unspecified atom stereocenters. The zero-order chi connectivity index (χ0) is 10.7. The third-order valence-electron chi connectivity index (χ3n) is 2.21. The van der Waals surface area contributed by atoms with Crippen LogP contribution in [0.3, 0.4) is 0 Å². The average molecular weight is 202 g/mol. The molecule has 4 nitrogen and oxygen atoms in total. The molecule has 1 aromatic carbocycles. The second-order valence-corrected chi connectivity index (χ2v) is 3.24. The molecule has 0 aliphatic carbocycles. The number of benzene rings is 1. The minimum atomic E-state index is -0.418. The Hall–Kier alpha value is -2.10. The van der Waals surface area contributed by atoms with E-state index in [1.807, 2.05) is 30.3 Å². The summed E-state index contributed by atoms with van der Waals surface area (Å²) in [5.41, 5.74) is 1.76. The monoisotopic (exact) mass is 202 g/mol. The van der Waals surface area contributed by atoms with Gasteiger partial charge in [0.1, 0.15) is 0 Å². The van der Waals surface area contributed by atoms with Gasteiger partial charge in [-0.05, 0) is 17.7 Å². The average Bonchev–Trinajstić information content (AvgIpc) is 2.67. The normalized spacial score (nSPS) is 10.1. The molecule has 2 aromatic rings. The molecule has 2 rings (SSSR count). The van der Waals surface area contributed by atoms with Gasteiger partial charge in [-0.3, -0.25) is 0 Å². The first-order valence-corrected chi connectivity index (χ1v) is 4.62. The van der Waals surface area contributed by atoms with Gasteiger partial charge in [0.15, 0.2) is 5.03 Å². The standard InChI is InChI=1S/C11H10N2O2/c14-13(15)12-8-4-7-11(12)9-10-5-2-1-3-6-10/h1-8H,9H2. The zero-order valence-electron chi connectivity index (χ0n) is 8.04. The molecule has 4 heteroatoms. The number of aromatic nitrogens is 1. The van der Waals surface area contributed by atoms with Crippen LogP contribution in [0, 0.1) is 10.1 Å². The van der Waals surface area contributed by atoms with Crippen molar-refractivity contribution in [1.82, 2.24) is 4.68 Å². The molecule has 0 aliphatic rings. The van der Waals surface area contributed by atoms with E-state index in [1.54, 1.807) is 12.1 Å². The van der Waals surface area contributed by atoms with Crippen LogP contribution in [0.4, 0.5) is 0 Å². The van der Waals surface area contributed by atoms with Crippen molar-refractivity contribution < 1.29 is 5.03 Å². The minimum Gasteiger partial charge on any atom is -0.234 e. The first-order chi connectivity index (χ1) is 7.27. The number of hydrogen-bond acceptors (Lipinski definition) is 2. The molecule has 0 saturated carbocycles. The van der Waals surface area contributed by atoms with Crippen molar-refractivity contribution in [3.05, 3.63) is 70.0 Å². The van der Waals surface area contributed by atoms with Gasteiger partial charge in [-0.25, -0.2) is 10.1 Å². The summed E-state index contributed by atoms with van der Waals surface area (Å²) in [6, 6.07) is 13.1. The van der Waals surface area contributed by atoms with Crippen molar-refractivity contribution >= 4 is 0 Å². The number of nitrogens with zero attached hydrogens (tertiary/aromatic N) is 2. The summed E-state index contributed by atoms with van der Waals surface area (Å²) < 4.78 is 1.05. The lowest BCUT2D eigenvalue weighted by Crippen LogP contribution is -2.10. The Morgan fingerprint density at radius 3 is 2.53 bits per heavy atom. The van der Waals surface area contributed by atoms with Crippen LogP contribution in [0.5, 0.6) is 0 Å². The van der Waals surface area contributed by atoms with E-state index in [9.17, 15) is 10.1 Å². The Kier molecular flexibility index (Phi) is 2.49. The van der Waals surface area contributed by atoms with E-state index >= 15 is 0 Å². The number of nitro groups is 1. The van der Waals surface area contributed by atoms with E-state index in [1.165, 1.54) is 6.20 Å². The smallest absolute Gasteiger partial charge is 0.169 e. The van der Waals surface area contributed by atoms with Gasteiger partial charge in [0.05, 0.1) is 11.9 Å². The molecule has 0 atom stereocenters. The predicted molar refractivity (Wildman–Crippen MR) is 56.1 cm³/mol. The van der Waals surface area contributed by atoms with Gasteiger partial charge >= 0.3 is 0 Å². The maximum absolute atomic E-state index is 10.6. The first-order valence-electron chi connectivity index (χ1n) is 4.62. The summed E-state index contributed by atoms with van der Waals surface area (Å²) >= 11 is 0. The Labute approximate surface area is 86.9 Å². The SMILES string of the molecule is O=[N+]([O-])n1cccc1Cc1ccccc1. The fourth-order valence-electron chi connectivity index (χ4n) is 1.51. The lowest BCUT2D eigenvalue weighted by molar-refractivity contribution is -0.543. The van der Waals surface area contributed by atoms with E-state index in [2.05, 4.69) is 0 Å². The van der Waals surface area contributed by atoms with Gasteiger partial charge < -0.3 is 0 Å². The van der Waals surface area contributed by atoms with Crippen LogP contribution in [0.15, 0.2) is 48.7 Å². The Morgan fingerprint density at radius 2 is 1.87 bits per heavy atom. The minimum absolute atomic E-state index is 0.418. The maximum Gasteiger partial charge on any atom is 0.169 e. The van der Waals surface area contributed by atoms with Crippen molar-refractivity contribution in [3.63, 3.8) is 0 Å². The maximum atomic E-state index is 10.6. The second kappa shape index (κ2) is 3.96. The van der Waals surface area contributed by atoms with Crippen LogP contribution in [-0.2, 0) is 6.42 Å². The van der Waals surface area contributed by atoms with E-state index < -0.39 is 5.03 Å². The topological polar surface area (TPSA) is 48.1 Å². The highest BCUT2D eigenvalue weighted by Gasteiger charge is 2.08. The molecule has 0 amide bonds. The van der Waals surface area contributed by atoms with Gasteiger partial charge in [-0.2, -0.15) is 0 Å². The fraction of sp³-hybridized carbons (Fsp3) is 0.0909.